The van der Waals surface area contributed by atoms with Gasteiger partial charge in [-0.2, -0.15) is 16.6 Å². The van der Waals surface area contributed by atoms with Crippen molar-refractivity contribution in [2.24, 2.45) is 5.73 Å². The molecule has 1 heterocycles. The number of rotatable bonds is 2. The number of nitrogens with two attached hydrogens (primary N) is 1. The van der Waals surface area contributed by atoms with Crippen molar-refractivity contribution < 1.29 is 4.79 Å². The van der Waals surface area contributed by atoms with E-state index in [1.165, 1.54) is 17.4 Å². The average molecular weight is 178 g/mol. The first-order valence-electron chi connectivity index (χ1n) is 3.18. The van der Waals surface area contributed by atoms with Crippen molar-refractivity contribution in [3.05, 3.63) is 28.0 Å². The first-order valence-corrected chi connectivity index (χ1v) is 4.12. The third kappa shape index (κ3) is 1.94. The zero-order chi connectivity index (χ0) is 8.97. The minimum atomic E-state index is -0.691. The van der Waals surface area contributed by atoms with Crippen molar-refractivity contribution in [2.75, 3.05) is 0 Å². The number of hydrogen-bond donors (Lipinski definition) is 1. The molecular formula is C8H6N2OS. The standard InChI is InChI=1S/C8H6N2OS/c9-4-7(8(10)11)3-6-1-2-12-5-6/h1-3,5H,(H2,10,11)/b7-3+. The van der Waals surface area contributed by atoms with E-state index in [0.717, 1.165) is 5.56 Å². The van der Waals surface area contributed by atoms with Crippen molar-refractivity contribution in [1.82, 2.24) is 0 Å². The van der Waals surface area contributed by atoms with E-state index in [9.17, 15) is 4.79 Å². The van der Waals surface area contributed by atoms with Gasteiger partial charge in [-0.05, 0) is 28.5 Å². The lowest BCUT2D eigenvalue weighted by Gasteiger charge is -1.88. The molecule has 0 atom stereocenters. The van der Waals surface area contributed by atoms with Crippen LogP contribution in [-0.2, 0) is 4.79 Å². The molecule has 12 heavy (non-hydrogen) atoms. The second-order valence-electron chi connectivity index (χ2n) is 2.09. The number of nitrogens with zero attached hydrogens (tertiary/aromatic N) is 1. The monoisotopic (exact) mass is 178 g/mol. The minimum Gasteiger partial charge on any atom is -0.365 e. The van der Waals surface area contributed by atoms with Crippen molar-refractivity contribution in [3.8, 4) is 6.07 Å². The molecule has 1 amide bonds. The summed E-state index contributed by atoms with van der Waals surface area (Å²) < 4.78 is 0. The van der Waals surface area contributed by atoms with Gasteiger partial charge in [0.1, 0.15) is 11.6 Å². The number of nitriles is 1. The van der Waals surface area contributed by atoms with Crippen LogP contribution >= 0.6 is 11.3 Å². The lowest BCUT2D eigenvalue weighted by molar-refractivity contribution is -0.114. The van der Waals surface area contributed by atoms with Gasteiger partial charge in [-0.1, -0.05) is 0 Å². The van der Waals surface area contributed by atoms with Gasteiger partial charge in [-0.25, -0.2) is 0 Å². The van der Waals surface area contributed by atoms with Gasteiger partial charge in [0.2, 0.25) is 0 Å². The van der Waals surface area contributed by atoms with Gasteiger partial charge >= 0.3 is 0 Å². The highest BCUT2D eigenvalue weighted by atomic mass is 32.1. The summed E-state index contributed by atoms with van der Waals surface area (Å²) in [6.45, 7) is 0. The number of amides is 1. The van der Waals surface area contributed by atoms with Gasteiger partial charge in [0.05, 0.1) is 0 Å². The lowest BCUT2D eigenvalue weighted by Crippen LogP contribution is -2.12. The van der Waals surface area contributed by atoms with Crippen LogP contribution in [0.5, 0.6) is 0 Å². The van der Waals surface area contributed by atoms with Crippen LogP contribution in [0, 0.1) is 11.3 Å². The van der Waals surface area contributed by atoms with Crippen LogP contribution in [0.3, 0.4) is 0 Å². The Bertz CT molecular complexity index is 346. The number of carbonyl (C=O) groups is 1. The molecule has 0 saturated heterocycles. The molecule has 4 heteroatoms. The van der Waals surface area contributed by atoms with Crippen molar-refractivity contribution in [2.45, 2.75) is 0 Å². The van der Waals surface area contributed by atoms with E-state index in [0.29, 0.717) is 0 Å². The number of carbonyl (C=O) groups excluding carboxylic acids is 1. The minimum absolute atomic E-state index is 0.0200. The van der Waals surface area contributed by atoms with E-state index >= 15 is 0 Å². The Kier molecular flexibility index (Phi) is 2.62. The summed E-state index contributed by atoms with van der Waals surface area (Å²) in [5.41, 5.74) is 5.75. The molecule has 0 aliphatic rings. The summed E-state index contributed by atoms with van der Waals surface area (Å²) in [5.74, 6) is -0.691. The summed E-state index contributed by atoms with van der Waals surface area (Å²) in [6.07, 6.45) is 1.47. The van der Waals surface area contributed by atoms with Crippen LogP contribution in [0.25, 0.3) is 6.08 Å². The van der Waals surface area contributed by atoms with Gasteiger partial charge < -0.3 is 5.73 Å². The maximum Gasteiger partial charge on any atom is 0.259 e. The molecule has 0 unspecified atom stereocenters. The molecule has 0 aliphatic carbocycles. The Morgan fingerprint density at radius 2 is 2.50 bits per heavy atom. The predicted octanol–water partition coefficient (Wildman–Crippen LogP) is 1.14. The summed E-state index contributed by atoms with van der Waals surface area (Å²) in [7, 11) is 0. The van der Waals surface area contributed by atoms with Crippen LogP contribution in [0.4, 0.5) is 0 Å². The van der Waals surface area contributed by atoms with E-state index in [2.05, 4.69) is 0 Å². The van der Waals surface area contributed by atoms with Crippen LogP contribution in [-0.4, -0.2) is 5.91 Å². The van der Waals surface area contributed by atoms with E-state index in [-0.39, 0.29) is 5.57 Å². The fraction of sp³-hybridized carbons (Fsp3) is 0. The molecule has 1 rings (SSSR count). The fourth-order valence-corrected chi connectivity index (χ4v) is 1.30. The normalized spacial score (nSPS) is 10.8. The van der Waals surface area contributed by atoms with E-state index in [4.69, 9.17) is 11.0 Å². The average Bonchev–Trinajstić information content (AvgIpc) is 2.51. The molecular weight excluding hydrogens is 172 g/mol. The quantitative estimate of drug-likeness (QED) is 0.545. The van der Waals surface area contributed by atoms with Gasteiger partial charge in [-0.15, -0.1) is 0 Å². The Labute approximate surface area is 73.7 Å². The summed E-state index contributed by atoms with van der Waals surface area (Å²) in [5, 5.41) is 12.2. The molecule has 0 spiro atoms. The summed E-state index contributed by atoms with van der Waals surface area (Å²) >= 11 is 1.50. The first kappa shape index (κ1) is 8.50. The highest BCUT2D eigenvalue weighted by Crippen LogP contribution is 2.10. The summed E-state index contributed by atoms with van der Waals surface area (Å²) in [4.78, 5) is 10.6. The highest BCUT2D eigenvalue weighted by Gasteiger charge is 2.02. The van der Waals surface area contributed by atoms with Gasteiger partial charge in [0.15, 0.2) is 0 Å². The molecule has 2 N–H and O–H groups in total. The fourth-order valence-electron chi connectivity index (χ4n) is 0.682. The Hall–Kier alpha value is -1.60. The molecule has 0 aliphatic heterocycles. The molecule has 0 saturated carbocycles. The lowest BCUT2D eigenvalue weighted by atomic mass is 10.2. The zero-order valence-corrected chi connectivity index (χ0v) is 6.97. The number of hydrogen-bond acceptors (Lipinski definition) is 3. The molecule has 0 radical (unpaired) electrons. The second kappa shape index (κ2) is 3.69. The number of primary amides is 1. The van der Waals surface area contributed by atoms with Gasteiger partial charge in [-0.3, -0.25) is 4.79 Å². The Morgan fingerprint density at radius 1 is 1.75 bits per heavy atom. The Balaban J connectivity index is 2.95. The molecule has 0 fully saturated rings. The number of thiophene rings is 1. The Morgan fingerprint density at radius 3 is 2.92 bits per heavy atom. The van der Waals surface area contributed by atoms with Crippen LogP contribution in [0.2, 0.25) is 0 Å². The highest BCUT2D eigenvalue weighted by molar-refractivity contribution is 7.08. The van der Waals surface area contributed by atoms with Crippen LogP contribution in [0.15, 0.2) is 22.4 Å². The van der Waals surface area contributed by atoms with Crippen molar-refractivity contribution >= 4 is 23.3 Å². The van der Waals surface area contributed by atoms with Gasteiger partial charge in [0.25, 0.3) is 5.91 Å². The topological polar surface area (TPSA) is 66.9 Å². The van der Waals surface area contributed by atoms with Crippen LogP contribution in [0.1, 0.15) is 5.56 Å². The largest absolute Gasteiger partial charge is 0.365 e. The maximum absolute atomic E-state index is 10.6. The molecule has 60 valence electrons. The van der Waals surface area contributed by atoms with E-state index in [1.54, 1.807) is 6.07 Å². The maximum atomic E-state index is 10.6. The van der Waals surface area contributed by atoms with Crippen molar-refractivity contribution in [3.63, 3.8) is 0 Å². The summed E-state index contributed by atoms with van der Waals surface area (Å²) in [6, 6.07) is 3.54. The molecule has 0 aromatic carbocycles. The van der Waals surface area contributed by atoms with Gasteiger partial charge in [0, 0.05) is 0 Å². The van der Waals surface area contributed by atoms with E-state index < -0.39 is 5.91 Å². The van der Waals surface area contributed by atoms with Crippen LogP contribution < -0.4 is 5.73 Å². The smallest absolute Gasteiger partial charge is 0.259 e. The molecule has 3 nitrogen and oxygen atoms in total. The third-order valence-electron chi connectivity index (χ3n) is 1.24. The predicted molar refractivity (Wildman–Crippen MR) is 47.1 cm³/mol. The molecule has 1 aromatic heterocycles. The van der Waals surface area contributed by atoms with E-state index in [1.807, 2.05) is 16.8 Å². The third-order valence-corrected chi connectivity index (χ3v) is 1.94. The molecule has 0 bridgehead atoms. The molecule has 1 aromatic rings. The SMILES string of the molecule is N#C/C(=C\c1ccsc1)C(N)=O. The zero-order valence-electron chi connectivity index (χ0n) is 6.15. The van der Waals surface area contributed by atoms with Crippen molar-refractivity contribution in [1.29, 1.82) is 5.26 Å². The first-order chi connectivity index (χ1) is 5.74. The second-order valence-corrected chi connectivity index (χ2v) is 2.87.